The van der Waals surface area contributed by atoms with Crippen LogP contribution in [0.25, 0.3) is 11.3 Å². The van der Waals surface area contributed by atoms with Crippen molar-refractivity contribution in [2.45, 2.75) is 6.54 Å². The van der Waals surface area contributed by atoms with Crippen molar-refractivity contribution in [3.63, 3.8) is 0 Å². The topological polar surface area (TPSA) is 25.2 Å². The molecule has 0 aliphatic rings. The second-order valence-corrected chi connectivity index (χ2v) is 3.32. The van der Waals surface area contributed by atoms with Crippen LogP contribution < -0.4 is 5.32 Å². The fourth-order valence-electron chi connectivity index (χ4n) is 1.51. The van der Waals surface area contributed by atoms with Crippen molar-refractivity contribution >= 4 is 0 Å². The third-order valence-corrected chi connectivity index (χ3v) is 2.20. The fraction of sp³-hybridized carbons (Fsp3) is 0.167. The van der Waals surface area contributed by atoms with E-state index in [9.17, 15) is 4.39 Å². The van der Waals surface area contributed by atoms with Gasteiger partial charge in [-0.25, -0.2) is 4.39 Å². The summed E-state index contributed by atoms with van der Waals surface area (Å²) in [5, 5.41) is 3.02. The number of rotatable bonds is 3. The number of furan rings is 1. The summed E-state index contributed by atoms with van der Waals surface area (Å²) >= 11 is 0. The zero-order valence-electron chi connectivity index (χ0n) is 8.46. The molecule has 2 nitrogen and oxygen atoms in total. The van der Waals surface area contributed by atoms with Crippen LogP contribution >= 0.6 is 0 Å². The highest BCUT2D eigenvalue weighted by Gasteiger charge is 2.08. The molecule has 2 rings (SSSR count). The van der Waals surface area contributed by atoms with E-state index >= 15 is 0 Å². The van der Waals surface area contributed by atoms with Gasteiger partial charge in [0.1, 0.15) is 11.6 Å². The predicted molar refractivity (Wildman–Crippen MR) is 56.9 cm³/mol. The Kier molecular flexibility index (Phi) is 2.83. The van der Waals surface area contributed by atoms with Crippen molar-refractivity contribution in [1.82, 2.24) is 5.32 Å². The number of nitrogens with one attached hydrogen (secondary N) is 1. The van der Waals surface area contributed by atoms with E-state index in [1.807, 2.05) is 7.05 Å². The molecule has 1 N–H and O–H groups in total. The molecule has 0 fully saturated rings. The molecular weight excluding hydrogens is 193 g/mol. The first-order valence-corrected chi connectivity index (χ1v) is 4.78. The van der Waals surface area contributed by atoms with Crippen LogP contribution in [0.3, 0.4) is 0 Å². The molecule has 0 amide bonds. The Morgan fingerprint density at radius 2 is 2.20 bits per heavy atom. The minimum Gasteiger partial charge on any atom is -0.464 e. The van der Waals surface area contributed by atoms with Gasteiger partial charge in [-0.2, -0.15) is 0 Å². The second-order valence-electron chi connectivity index (χ2n) is 3.32. The number of hydrogen-bond donors (Lipinski definition) is 1. The quantitative estimate of drug-likeness (QED) is 0.833. The Bertz CT molecular complexity index is 437. The lowest BCUT2D eigenvalue weighted by Gasteiger charge is -2.04. The molecule has 0 saturated carbocycles. The zero-order chi connectivity index (χ0) is 10.7. The Balaban J connectivity index is 2.41. The molecule has 1 aromatic heterocycles. The van der Waals surface area contributed by atoms with Gasteiger partial charge in [-0.3, -0.25) is 0 Å². The van der Waals surface area contributed by atoms with Crippen molar-refractivity contribution in [3.8, 4) is 11.3 Å². The molecule has 0 aliphatic carbocycles. The van der Waals surface area contributed by atoms with Gasteiger partial charge in [-0.1, -0.05) is 6.07 Å². The molecule has 78 valence electrons. The first kappa shape index (κ1) is 9.93. The number of hydrogen-bond acceptors (Lipinski definition) is 2. The molecule has 0 unspecified atom stereocenters. The van der Waals surface area contributed by atoms with E-state index < -0.39 is 0 Å². The minimum atomic E-state index is -0.259. The van der Waals surface area contributed by atoms with Gasteiger partial charge in [0, 0.05) is 6.54 Å². The highest BCUT2D eigenvalue weighted by atomic mass is 19.1. The molecule has 0 radical (unpaired) electrons. The SMILES string of the molecule is CNCc1ccc(F)c(-c2ccco2)c1. The van der Waals surface area contributed by atoms with E-state index in [-0.39, 0.29) is 5.82 Å². The minimum absolute atomic E-state index is 0.259. The van der Waals surface area contributed by atoms with Gasteiger partial charge in [0.2, 0.25) is 0 Å². The monoisotopic (exact) mass is 205 g/mol. The summed E-state index contributed by atoms with van der Waals surface area (Å²) in [6.45, 7) is 0.716. The fourth-order valence-corrected chi connectivity index (χ4v) is 1.51. The molecule has 0 saturated heterocycles. The smallest absolute Gasteiger partial charge is 0.136 e. The van der Waals surface area contributed by atoms with E-state index in [1.54, 1.807) is 30.5 Å². The van der Waals surface area contributed by atoms with Gasteiger partial charge >= 0.3 is 0 Å². The molecular formula is C12H12FNO. The van der Waals surface area contributed by atoms with Crippen molar-refractivity contribution < 1.29 is 8.81 Å². The first-order valence-electron chi connectivity index (χ1n) is 4.78. The molecule has 0 aliphatic heterocycles. The number of benzene rings is 1. The van der Waals surface area contributed by atoms with Crippen molar-refractivity contribution in [3.05, 3.63) is 48.0 Å². The standard InChI is InChI=1S/C12H12FNO/c1-14-8-9-4-5-11(13)10(7-9)12-3-2-6-15-12/h2-7,14H,8H2,1H3. The van der Waals surface area contributed by atoms with Crippen LogP contribution in [0.5, 0.6) is 0 Å². The van der Waals surface area contributed by atoms with Gasteiger partial charge in [-0.15, -0.1) is 0 Å². The molecule has 0 spiro atoms. The zero-order valence-corrected chi connectivity index (χ0v) is 8.46. The van der Waals surface area contributed by atoms with Gasteiger partial charge < -0.3 is 9.73 Å². The van der Waals surface area contributed by atoms with Gasteiger partial charge in [0.25, 0.3) is 0 Å². The molecule has 3 heteroatoms. The maximum atomic E-state index is 13.5. The summed E-state index contributed by atoms with van der Waals surface area (Å²) in [7, 11) is 1.86. The van der Waals surface area contributed by atoms with Gasteiger partial charge in [0.15, 0.2) is 0 Å². The van der Waals surface area contributed by atoms with Crippen molar-refractivity contribution in [1.29, 1.82) is 0 Å². The third-order valence-electron chi connectivity index (χ3n) is 2.20. The van der Waals surface area contributed by atoms with Crippen LogP contribution in [0.4, 0.5) is 4.39 Å². The summed E-state index contributed by atoms with van der Waals surface area (Å²) < 4.78 is 18.7. The molecule has 2 aromatic rings. The molecule has 1 aromatic carbocycles. The summed E-state index contributed by atoms with van der Waals surface area (Å²) in [5.74, 6) is 0.301. The average molecular weight is 205 g/mol. The lowest BCUT2D eigenvalue weighted by molar-refractivity contribution is 0.569. The summed E-state index contributed by atoms with van der Waals surface area (Å²) in [5.41, 5.74) is 1.54. The van der Waals surface area contributed by atoms with Crippen LogP contribution in [-0.2, 0) is 6.54 Å². The lowest BCUT2D eigenvalue weighted by Crippen LogP contribution is -2.05. The summed E-state index contributed by atoms with van der Waals surface area (Å²) in [6.07, 6.45) is 1.54. The maximum absolute atomic E-state index is 13.5. The van der Waals surface area contributed by atoms with E-state index in [0.717, 1.165) is 5.56 Å². The molecule has 0 atom stereocenters. The number of halogens is 1. The van der Waals surface area contributed by atoms with E-state index in [0.29, 0.717) is 17.9 Å². The Hall–Kier alpha value is -1.61. The van der Waals surface area contributed by atoms with Crippen LogP contribution in [0.15, 0.2) is 41.0 Å². The van der Waals surface area contributed by atoms with Crippen molar-refractivity contribution in [2.75, 3.05) is 7.05 Å². The van der Waals surface area contributed by atoms with Crippen LogP contribution in [0, 0.1) is 5.82 Å². The predicted octanol–water partition coefficient (Wildman–Crippen LogP) is 2.81. The van der Waals surface area contributed by atoms with Gasteiger partial charge in [0.05, 0.1) is 11.8 Å². The highest BCUT2D eigenvalue weighted by molar-refractivity contribution is 5.59. The second kappa shape index (κ2) is 4.28. The van der Waals surface area contributed by atoms with Gasteiger partial charge in [-0.05, 0) is 36.9 Å². The van der Waals surface area contributed by atoms with E-state index in [2.05, 4.69) is 5.32 Å². The summed E-state index contributed by atoms with van der Waals surface area (Å²) in [4.78, 5) is 0. The lowest BCUT2D eigenvalue weighted by atomic mass is 10.1. The third kappa shape index (κ3) is 2.07. The first-order chi connectivity index (χ1) is 7.31. The Morgan fingerprint density at radius 3 is 2.87 bits per heavy atom. The average Bonchev–Trinajstić information content (AvgIpc) is 2.74. The van der Waals surface area contributed by atoms with Crippen LogP contribution in [-0.4, -0.2) is 7.05 Å². The summed E-state index contributed by atoms with van der Waals surface area (Å²) in [6, 6.07) is 8.52. The highest BCUT2D eigenvalue weighted by Crippen LogP contribution is 2.24. The molecule has 0 bridgehead atoms. The van der Waals surface area contributed by atoms with E-state index in [4.69, 9.17) is 4.42 Å². The molecule has 15 heavy (non-hydrogen) atoms. The van der Waals surface area contributed by atoms with Crippen LogP contribution in [0.2, 0.25) is 0 Å². The Labute approximate surface area is 87.7 Å². The Morgan fingerprint density at radius 1 is 1.33 bits per heavy atom. The maximum Gasteiger partial charge on any atom is 0.136 e. The normalized spacial score (nSPS) is 10.5. The largest absolute Gasteiger partial charge is 0.464 e. The van der Waals surface area contributed by atoms with E-state index in [1.165, 1.54) is 6.07 Å². The van der Waals surface area contributed by atoms with Crippen molar-refractivity contribution in [2.24, 2.45) is 0 Å². The van der Waals surface area contributed by atoms with Crippen LogP contribution in [0.1, 0.15) is 5.56 Å². The molecule has 1 heterocycles.